The Labute approximate surface area is 460 Å². The van der Waals surface area contributed by atoms with Gasteiger partial charge in [-0.1, -0.05) is 235 Å². The van der Waals surface area contributed by atoms with Crippen LogP contribution in [-0.4, -0.2) is 6.71 Å². The number of hydrogen-bond donors (Lipinski definition) is 0. The van der Waals surface area contributed by atoms with Gasteiger partial charge in [0.2, 0.25) is 6.71 Å². The van der Waals surface area contributed by atoms with Gasteiger partial charge in [0.25, 0.3) is 0 Å². The van der Waals surface area contributed by atoms with Crippen LogP contribution in [-0.2, 0) is 16.2 Å². The molecule has 0 saturated carbocycles. The van der Waals surface area contributed by atoms with Gasteiger partial charge in [-0.15, -0.1) is 0 Å². The normalized spacial score (nSPS) is 15.8. The van der Waals surface area contributed by atoms with Crippen LogP contribution in [0.4, 0.5) is 51.2 Å². The molecule has 0 saturated heterocycles. The minimum absolute atomic E-state index is 0.0880. The van der Waals surface area contributed by atoms with Gasteiger partial charge in [0.1, 0.15) is 0 Å². The predicted octanol–water partition coefficient (Wildman–Crippen LogP) is 15.6. The third-order valence-corrected chi connectivity index (χ3v) is 18.9. The molecule has 6 heterocycles. The maximum Gasteiger partial charge on any atom is 0.243 e. The average Bonchev–Trinajstić information content (AvgIpc) is 2.26. The first-order valence-corrected chi connectivity index (χ1v) is 27.8. The summed E-state index contributed by atoms with van der Waals surface area (Å²) in [6.07, 6.45) is 0. The molecule has 3 spiro atoms. The molecule has 18 rings (SSSR count). The van der Waals surface area contributed by atoms with Crippen molar-refractivity contribution in [2.24, 2.45) is 0 Å². The molecular weight excluding hydrogens is 954 g/mol. The number of anilines is 9. The van der Waals surface area contributed by atoms with Gasteiger partial charge in [0.05, 0.1) is 50.4 Å². The molecule has 3 nitrogen and oxygen atoms in total. The molecule has 0 amide bonds. The van der Waals surface area contributed by atoms with Gasteiger partial charge >= 0.3 is 0 Å². The second kappa shape index (κ2) is 15.6. The van der Waals surface area contributed by atoms with E-state index in [-0.39, 0.29) is 6.71 Å². The summed E-state index contributed by atoms with van der Waals surface area (Å²) in [5, 5.41) is 0. The third-order valence-electron chi connectivity index (χ3n) is 18.9. The number of rotatable bonds is 3. The Morgan fingerprint density at radius 2 is 0.354 bits per heavy atom. The third kappa shape index (κ3) is 5.08. The van der Waals surface area contributed by atoms with Crippen molar-refractivity contribution in [2.45, 2.75) is 16.2 Å². The highest BCUT2D eigenvalue weighted by Gasteiger charge is 2.64. The fourth-order valence-corrected chi connectivity index (χ4v) is 16.5. The monoisotopic (exact) mass is 1000 g/mol. The second-order valence-corrected chi connectivity index (χ2v) is 22.1. The van der Waals surface area contributed by atoms with Crippen molar-refractivity contribution in [2.75, 3.05) is 14.7 Å². The molecule has 0 N–H and O–H groups in total. The van der Waals surface area contributed by atoms with Crippen LogP contribution in [0.2, 0.25) is 0 Å². The lowest BCUT2D eigenvalue weighted by atomic mass is 9.22. The first-order valence-electron chi connectivity index (χ1n) is 27.8. The molecule has 0 radical (unpaired) electrons. The van der Waals surface area contributed by atoms with Gasteiger partial charge in [-0.2, -0.15) is 0 Å². The Balaban J connectivity index is 1.07. The Morgan fingerprint density at radius 1 is 0.177 bits per heavy atom. The smallest absolute Gasteiger partial charge is 0.243 e. The first-order chi connectivity index (χ1) is 39.3. The molecule has 0 unspecified atom stereocenters. The Kier molecular flexibility index (Phi) is 8.55. The van der Waals surface area contributed by atoms with Gasteiger partial charge in [0.15, 0.2) is 0 Å². The molecule has 4 heteroatoms. The molecule has 0 aromatic heterocycles. The standard InChI is InChI=1S/C75H48BN3/c1-4-25-49(26-5-1)77-64-43-16-10-31-52(64)73(53-32-11-17-44-65(53)77)58-37-22-39-60-70(58)76-71-59(73)38-23-40-61(71)75(56-35-14-20-47-68(56)79(51-29-8-3-9-30-51)69-48-21-15-36-57(69)75)63-42-24-41-62(72(63)76)74(60)54-33-12-18-45-66(54)78(50-27-6-2-7-28-50)67-46-19-13-34-55(67)74/h1-48H. The Bertz CT molecular complexity index is 3870. The van der Waals surface area contributed by atoms with E-state index in [1.54, 1.807) is 0 Å². The largest absolute Gasteiger partial charge is 0.310 e. The van der Waals surface area contributed by atoms with Crippen molar-refractivity contribution in [1.29, 1.82) is 0 Å². The van der Waals surface area contributed by atoms with Crippen molar-refractivity contribution in [3.05, 3.63) is 358 Å². The topological polar surface area (TPSA) is 9.72 Å². The lowest BCUT2D eigenvalue weighted by Crippen LogP contribution is -2.73. The number of hydrogen-bond acceptors (Lipinski definition) is 3. The molecule has 79 heavy (non-hydrogen) atoms. The van der Waals surface area contributed by atoms with E-state index < -0.39 is 16.2 Å². The summed E-state index contributed by atoms with van der Waals surface area (Å²) >= 11 is 0. The first kappa shape index (κ1) is 43.2. The highest BCUT2D eigenvalue weighted by molar-refractivity contribution is 6.98. The quantitative estimate of drug-likeness (QED) is 0.163. The van der Waals surface area contributed by atoms with Crippen LogP contribution in [0.15, 0.2) is 291 Å². The van der Waals surface area contributed by atoms with Gasteiger partial charge in [-0.05, 0) is 140 Å². The molecule has 12 aromatic carbocycles. The molecular formula is C75H48BN3. The van der Waals surface area contributed by atoms with E-state index in [0.29, 0.717) is 0 Å². The van der Waals surface area contributed by atoms with E-state index in [9.17, 15) is 0 Å². The average molecular weight is 1000 g/mol. The van der Waals surface area contributed by atoms with Crippen molar-refractivity contribution in [3.63, 3.8) is 0 Å². The summed E-state index contributed by atoms with van der Waals surface area (Å²) in [6, 6.07) is 111. The molecule has 0 fully saturated rings. The fraction of sp³-hybridized carbons (Fsp3) is 0.0400. The molecule has 12 aromatic rings. The van der Waals surface area contributed by atoms with Gasteiger partial charge in [0, 0.05) is 17.1 Å². The van der Waals surface area contributed by atoms with Gasteiger partial charge in [-0.3, -0.25) is 0 Å². The van der Waals surface area contributed by atoms with Gasteiger partial charge < -0.3 is 14.7 Å². The van der Waals surface area contributed by atoms with Crippen molar-refractivity contribution in [1.82, 2.24) is 0 Å². The van der Waals surface area contributed by atoms with E-state index in [4.69, 9.17) is 0 Å². The molecule has 6 aliphatic rings. The molecule has 0 atom stereocenters. The summed E-state index contributed by atoms with van der Waals surface area (Å²) in [6.45, 7) is -0.0880. The summed E-state index contributed by atoms with van der Waals surface area (Å²) in [7, 11) is 0. The van der Waals surface area contributed by atoms with Crippen LogP contribution in [0.5, 0.6) is 0 Å². The van der Waals surface area contributed by atoms with Crippen LogP contribution < -0.4 is 31.1 Å². The van der Waals surface area contributed by atoms with E-state index in [1.807, 2.05) is 0 Å². The van der Waals surface area contributed by atoms with Crippen LogP contribution in [0, 0.1) is 0 Å². The van der Waals surface area contributed by atoms with Crippen molar-refractivity contribution in [3.8, 4) is 0 Å². The zero-order valence-corrected chi connectivity index (χ0v) is 43.1. The predicted molar refractivity (Wildman–Crippen MR) is 324 cm³/mol. The SMILES string of the molecule is c1ccc(N2c3ccccc3C3(c4ccccc42)c2cccc4c2B2c5c3cccc5C3(c5ccccc5N(c5ccccc5)c5ccccc53)c3cccc(c32)C42c3ccccc3N(c3ccccc3)c3ccccc32)cc1. The summed E-state index contributed by atoms with van der Waals surface area (Å²) in [5.41, 5.74) is 28.4. The van der Waals surface area contributed by atoms with Crippen LogP contribution in [0.1, 0.15) is 66.8 Å². The summed E-state index contributed by atoms with van der Waals surface area (Å²) < 4.78 is 0. The van der Waals surface area contributed by atoms with E-state index in [2.05, 4.69) is 306 Å². The van der Waals surface area contributed by atoms with Crippen LogP contribution in [0.3, 0.4) is 0 Å². The zero-order chi connectivity index (χ0) is 51.6. The Hall–Kier alpha value is -9.90. The zero-order valence-electron chi connectivity index (χ0n) is 43.1. The molecule has 366 valence electrons. The van der Waals surface area contributed by atoms with Crippen LogP contribution in [0.25, 0.3) is 0 Å². The summed E-state index contributed by atoms with van der Waals surface area (Å²) in [5.74, 6) is 0. The highest BCUT2D eigenvalue weighted by atomic mass is 15.2. The maximum absolute atomic E-state index is 2.52. The fourth-order valence-electron chi connectivity index (χ4n) is 16.5. The lowest BCUT2D eigenvalue weighted by Gasteiger charge is -2.59. The van der Waals surface area contributed by atoms with Crippen molar-refractivity contribution >= 4 is 74.3 Å². The number of fused-ring (bicyclic) bond motifs is 18. The Morgan fingerprint density at radius 3 is 0.570 bits per heavy atom. The number of benzene rings is 12. The van der Waals surface area contributed by atoms with E-state index in [1.165, 1.54) is 117 Å². The highest BCUT2D eigenvalue weighted by Crippen LogP contribution is 2.65. The summed E-state index contributed by atoms with van der Waals surface area (Å²) in [4.78, 5) is 7.54. The van der Waals surface area contributed by atoms with Crippen molar-refractivity contribution < 1.29 is 0 Å². The molecule has 0 bridgehead atoms. The van der Waals surface area contributed by atoms with Gasteiger partial charge in [-0.25, -0.2) is 0 Å². The van der Waals surface area contributed by atoms with Crippen LogP contribution >= 0.6 is 0 Å². The minimum atomic E-state index is -0.745. The second-order valence-electron chi connectivity index (χ2n) is 22.1. The number of nitrogens with zero attached hydrogens (tertiary/aromatic N) is 3. The minimum Gasteiger partial charge on any atom is -0.310 e. The van der Waals surface area contributed by atoms with E-state index in [0.717, 1.165) is 17.1 Å². The van der Waals surface area contributed by atoms with E-state index >= 15 is 0 Å². The molecule has 0 aliphatic carbocycles. The maximum atomic E-state index is 2.52. The lowest BCUT2D eigenvalue weighted by molar-refractivity contribution is 0.686. The molecule has 6 aliphatic heterocycles. The number of para-hydroxylation sites is 9.